The summed E-state index contributed by atoms with van der Waals surface area (Å²) < 4.78 is 5.03. The van der Waals surface area contributed by atoms with Crippen LogP contribution in [0.15, 0.2) is 24.3 Å². The molecule has 22 heavy (non-hydrogen) atoms. The highest BCUT2D eigenvalue weighted by Gasteiger charge is 2.12. The normalized spacial score (nSPS) is 10.1. The van der Waals surface area contributed by atoms with Crippen LogP contribution in [0.2, 0.25) is 0 Å². The van der Waals surface area contributed by atoms with Gasteiger partial charge < -0.3 is 15.4 Å². The first-order valence-electron chi connectivity index (χ1n) is 7.90. The molecule has 122 valence electrons. The van der Waals surface area contributed by atoms with Crippen molar-refractivity contribution in [2.45, 2.75) is 45.4 Å². The van der Waals surface area contributed by atoms with Crippen molar-refractivity contribution in [3.05, 3.63) is 24.3 Å². The van der Waals surface area contributed by atoms with Crippen LogP contribution in [0, 0.1) is 0 Å². The molecule has 0 aliphatic carbocycles. The molecule has 2 N–H and O–H groups in total. The lowest BCUT2D eigenvalue weighted by Crippen LogP contribution is -2.35. The van der Waals surface area contributed by atoms with E-state index in [-0.39, 0.29) is 0 Å². The van der Waals surface area contributed by atoms with Gasteiger partial charge in [-0.1, -0.05) is 39.0 Å². The number of benzene rings is 1. The fourth-order valence-corrected chi connectivity index (χ4v) is 2.05. The molecule has 0 heterocycles. The van der Waals surface area contributed by atoms with E-state index in [0.717, 1.165) is 12.8 Å². The maximum atomic E-state index is 11.7. The molecule has 2 amide bonds. The topological polar surface area (TPSA) is 67.4 Å². The van der Waals surface area contributed by atoms with Gasteiger partial charge in [0.15, 0.2) is 0 Å². The summed E-state index contributed by atoms with van der Waals surface area (Å²) in [6.07, 6.45) is 6.90. The average molecular weight is 306 g/mol. The van der Waals surface area contributed by atoms with Gasteiger partial charge in [-0.25, -0.2) is 0 Å². The van der Waals surface area contributed by atoms with Gasteiger partial charge in [0.25, 0.3) is 0 Å². The SMILES string of the molecule is CCCCCCCCNC(=O)C(=O)Nc1ccc(OC)cc1. The van der Waals surface area contributed by atoms with Crippen molar-refractivity contribution >= 4 is 17.5 Å². The minimum Gasteiger partial charge on any atom is -0.497 e. The molecule has 0 aliphatic heterocycles. The van der Waals surface area contributed by atoms with Crippen molar-refractivity contribution < 1.29 is 14.3 Å². The number of nitrogens with one attached hydrogen (secondary N) is 2. The molecule has 0 fully saturated rings. The third-order valence-electron chi connectivity index (χ3n) is 3.37. The number of methoxy groups -OCH3 is 1. The summed E-state index contributed by atoms with van der Waals surface area (Å²) in [5.41, 5.74) is 0.570. The smallest absolute Gasteiger partial charge is 0.313 e. The molecule has 0 saturated heterocycles. The van der Waals surface area contributed by atoms with E-state index in [2.05, 4.69) is 17.6 Å². The maximum absolute atomic E-state index is 11.7. The van der Waals surface area contributed by atoms with Crippen LogP contribution in [0.4, 0.5) is 5.69 Å². The third kappa shape index (κ3) is 7.11. The van der Waals surface area contributed by atoms with E-state index in [1.54, 1.807) is 31.4 Å². The Bertz CT molecular complexity index is 457. The fourth-order valence-electron chi connectivity index (χ4n) is 2.05. The molecule has 0 spiro atoms. The first-order valence-corrected chi connectivity index (χ1v) is 7.90. The van der Waals surface area contributed by atoms with Crippen LogP contribution in [0.3, 0.4) is 0 Å². The Hall–Kier alpha value is -2.04. The van der Waals surface area contributed by atoms with Gasteiger partial charge in [-0.3, -0.25) is 9.59 Å². The summed E-state index contributed by atoms with van der Waals surface area (Å²) in [6.45, 7) is 2.72. The fraction of sp³-hybridized carbons (Fsp3) is 0.529. The Morgan fingerprint density at radius 3 is 2.23 bits per heavy atom. The van der Waals surface area contributed by atoms with Gasteiger partial charge in [-0.05, 0) is 30.7 Å². The highest BCUT2D eigenvalue weighted by atomic mass is 16.5. The molecule has 0 radical (unpaired) electrons. The first kappa shape index (κ1) is 18.0. The molecule has 0 unspecified atom stereocenters. The van der Waals surface area contributed by atoms with E-state index in [0.29, 0.717) is 18.0 Å². The number of hydrogen-bond donors (Lipinski definition) is 2. The van der Waals surface area contributed by atoms with E-state index in [4.69, 9.17) is 4.74 Å². The van der Waals surface area contributed by atoms with E-state index >= 15 is 0 Å². The number of ether oxygens (including phenoxy) is 1. The number of anilines is 1. The minimum absolute atomic E-state index is 0.543. The lowest BCUT2D eigenvalue weighted by atomic mass is 10.1. The average Bonchev–Trinajstić information content (AvgIpc) is 2.54. The molecule has 1 aromatic rings. The third-order valence-corrected chi connectivity index (χ3v) is 3.37. The molecule has 1 rings (SSSR count). The zero-order chi connectivity index (χ0) is 16.2. The number of carbonyl (C=O) groups excluding carboxylic acids is 2. The molecule has 1 aromatic carbocycles. The van der Waals surface area contributed by atoms with Crippen LogP contribution in [0.25, 0.3) is 0 Å². The van der Waals surface area contributed by atoms with Gasteiger partial charge in [0.2, 0.25) is 0 Å². The second-order valence-electron chi connectivity index (χ2n) is 5.21. The van der Waals surface area contributed by atoms with Crippen LogP contribution in [-0.4, -0.2) is 25.5 Å². The number of amides is 2. The molecular formula is C17H26N2O3. The summed E-state index contributed by atoms with van der Waals surface area (Å²) in [5, 5.41) is 5.20. The van der Waals surface area contributed by atoms with Crippen molar-refractivity contribution in [1.29, 1.82) is 0 Å². The number of unbranched alkanes of at least 4 members (excludes halogenated alkanes) is 5. The highest BCUT2D eigenvalue weighted by Crippen LogP contribution is 2.14. The van der Waals surface area contributed by atoms with E-state index in [9.17, 15) is 9.59 Å². The summed E-state index contributed by atoms with van der Waals surface area (Å²) in [6, 6.07) is 6.84. The van der Waals surface area contributed by atoms with Crippen LogP contribution < -0.4 is 15.4 Å². The Kier molecular flexibility index (Phi) is 8.72. The summed E-state index contributed by atoms with van der Waals surface area (Å²) >= 11 is 0. The molecule has 0 bridgehead atoms. The summed E-state index contributed by atoms with van der Waals surface area (Å²) in [5.74, 6) is -0.536. The first-order chi connectivity index (χ1) is 10.7. The van der Waals surface area contributed by atoms with Gasteiger partial charge in [-0.15, -0.1) is 0 Å². The van der Waals surface area contributed by atoms with Crippen LogP contribution in [0.1, 0.15) is 45.4 Å². The second kappa shape index (κ2) is 10.7. The van der Waals surface area contributed by atoms with Crippen molar-refractivity contribution in [2.75, 3.05) is 19.0 Å². The van der Waals surface area contributed by atoms with Gasteiger partial charge >= 0.3 is 11.8 Å². The quantitative estimate of drug-likeness (QED) is 0.544. The largest absolute Gasteiger partial charge is 0.497 e. The Balaban J connectivity index is 2.20. The molecule has 5 nitrogen and oxygen atoms in total. The van der Waals surface area contributed by atoms with Crippen molar-refractivity contribution in [2.24, 2.45) is 0 Å². The summed E-state index contributed by atoms with van der Waals surface area (Å²) in [4.78, 5) is 23.4. The van der Waals surface area contributed by atoms with Crippen LogP contribution >= 0.6 is 0 Å². The number of hydrogen-bond acceptors (Lipinski definition) is 3. The van der Waals surface area contributed by atoms with Gasteiger partial charge in [-0.2, -0.15) is 0 Å². The van der Waals surface area contributed by atoms with E-state index in [1.165, 1.54) is 25.7 Å². The lowest BCUT2D eigenvalue weighted by Gasteiger charge is -2.07. The van der Waals surface area contributed by atoms with Gasteiger partial charge in [0.1, 0.15) is 5.75 Å². The predicted molar refractivity (Wildman–Crippen MR) is 88.0 cm³/mol. The number of rotatable bonds is 9. The lowest BCUT2D eigenvalue weighted by molar-refractivity contribution is -0.136. The summed E-state index contributed by atoms with van der Waals surface area (Å²) in [7, 11) is 1.57. The Morgan fingerprint density at radius 2 is 1.59 bits per heavy atom. The van der Waals surface area contributed by atoms with Gasteiger partial charge in [0.05, 0.1) is 7.11 Å². The molecule has 5 heteroatoms. The van der Waals surface area contributed by atoms with Crippen LogP contribution in [0.5, 0.6) is 5.75 Å². The molecule has 0 aromatic heterocycles. The minimum atomic E-state index is -0.642. The Morgan fingerprint density at radius 1 is 0.955 bits per heavy atom. The van der Waals surface area contributed by atoms with E-state index < -0.39 is 11.8 Å². The zero-order valence-corrected chi connectivity index (χ0v) is 13.5. The molecule has 0 atom stereocenters. The van der Waals surface area contributed by atoms with Crippen LogP contribution in [-0.2, 0) is 9.59 Å². The standard InChI is InChI=1S/C17H26N2O3/c1-3-4-5-6-7-8-13-18-16(20)17(21)19-14-9-11-15(22-2)12-10-14/h9-12H,3-8,13H2,1-2H3,(H,18,20)(H,19,21). The molecular weight excluding hydrogens is 280 g/mol. The number of carbonyl (C=O) groups is 2. The Labute approximate surface area is 132 Å². The monoisotopic (exact) mass is 306 g/mol. The van der Waals surface area contributed by atoms with E-state index in [1.807, 2.05) is 0 Å². The zero-order valence-electron chi connectivity index (χ0n) is 13.5. The predicted octanol–water partition coefficient (Wildman–Crippen LogP) is 3.11. The highest BCUT2D eigenvalue weighted by molar-refractivity contribution is 6.39. The van der Waals surface area contributed by atoms with Crippen molar-refractivity contribution in [1.82, 2.24) is 5.32 Å². The molecule has 0 saturated carbocycles. The van der Waals surface area contributed by atoms with Crippen molar-refractivity contribution in [3.8, 4) is 5.75 Å². The van der Waals surface area contributed by atoms with Gasteiger partial charge in [0, 0.05) is 12.2 Å². The van der Waals surface area contributed by atoms with Crippen molar-refractivity contribution in [3.63, 3.8) is 0 Å². The molecule has 0 aliphatic rings. The second-order valence-corrected chi connectivity index (χ2v) is 5.21. The maximum Gasteiger partial charge on any atom is 0.313 e.